The Morgan fingerprint density at radius 3 is 2.43 bits per heavy atom. The summed E-state index contributed by atoms with van der Waals surface area (Å²) in [5.41, 5.74) is 5.43. The molecule has 0 amide bonds. The minimum Gasteiger partial charge on any atom is -0.399 e. The average molecular weight is 97.1 g/mol. The molecule has 0 aromatic rings. The largest absolute Gasteiger partial charge is 0.399 e. The second kappa shape index (κ2) is 3.15. The Morgan fingerprint density at radius 2 is 2.29 bits per heavy atom. The molecule has 0 saturated carbocycles. The van der Waals surface area contributed by atoms with Crippen LogP contribution in [-0.2, 0) is 4.79 Å². The maximum Gasteiger partial charge on any atom is 0.142 e. The summed E-state index contributed by atoms with van der Waals surface area (Å²) in [7, 11) is 0. The van der Waals surface area contributed by atoms with Crippen LogP contribution >= 0.6 is 0 Å². The predicted molar refractivity (Wildman–Crippen MR) is 28.5 cm³/mol. The van der Waals surface area contributed by atoms with Crippen LogP contribution in [0.25, 0.3) is 0 Å². The Hall–Kier alpha value is -1.05. The van der Waals surface area contributed by atoms with Gasteiger partial charge in [-0.15, -0.1) is 0 Å². The summed E-state index contributed by atoms with van der Waals surface area (Å²) in [5, 5.41) is 0. The van der Waals surface area contributed by atoms with Crippen LogP contribution < -0.4 is 5.73 Å². The highest BCUT2D eigenvalue weighted by Gasteiger charge is 1.67. The third-order valence-electron chi connectivity index (χ3n) is 0.389. The molecule has 0 aliphatic carbocycles. The number of rotatable bonds is 2. The van der Waals surface area contributed by atoms with E-state index in [1.165, 1.54) is 12.2 Å². The van der Waals surface area contributed by atoms with Gasteiger partial charge in [0.05, 0.1) is 0 Å². The van der Waals surface area contributed by atoms with Crippen LogP contribution in [0.1, 0.15) is 0 Å². The minimum atomic E-state index is 0.395. The molecule has 0 bridgehead atoms. The fraction of sp³-hybridized carbons (Fsp3) is 0. The number of aldehydes is 1. The van der Waals surface area contributed by atoms with Crippen molar-refractivity contribution in [3.8, 4) is 0 Å². The van der Waals surface area contributed by atoms with Gasteiger partial charge < -0.3 is 5.73 Å². The van der Waals surface area contributed by atoms with Gasteiger partial charge in [0.2, 0.25) is 0 Å². The van der Waals surface area contributed by atoms with Gasteiger partial charge in [0.15, 0.2) is 0 Å². The molecular weight excluding hydrogens is 90.1 g/mol. The monoisotopic (exact) mass is 97.1 g/mol. The quantitative estimate of drug-likeness (QED) is 0.304. The Balaban J connectivity index is 3.46. The molecule has 7 heavy (non-hydrogen) atoms. The van der Waals surface area contributed by atoms with Crippen molar-refractivity contribution in [2.45, 2.75) is 0 Å². The predicted octanol–water partition coefficient (Wildman–Crippen LogP) is 0.214. The Labute approximate surface area is 42.3 Å². The maximum atomic E-state index is 9.53. The van der Waals surface area contributed by atoms with E-state index in [2.05, 4.69) is 6.58 Å². The van der Waals surface area contributed by atoms with Crippen molar-refractivity contribution in [2.75, 3.05) is 0 Å². The lowest BCUT2D eigenvalue weighted by Crippen LogP contribution is -1.87. The molecule has 0 atom stereocenters. The zero-order valence-electron chi connectivity index (χ0n) is 3.92. The van der Waals surface area contributed by atoms with Crippen molar-refractivity contribution in [1.82, 2.24) is 0 Å². The fourth-order valence-electron chi connectivity index (χ4n) is 0.163. The molecule has 38 valence electrons. The maximum absolute atomic E-state index is 9.53. The molecule has 0 heterocycles. The second-order valence-corrected chi connectivity index (χ2v) is 1.07. The van der Waals surface area contributed by atoms with E-state index in [9.17, 15) is 4.79 Å². The summed E-state index contributed by atoms with van der Waals surface area (Å²) in [6, 6.07) is 0. The lowest BCUT2D eigenvalue weighted by Gasteiger charge is -1.77. The molecule has 0 aliphatic heterocycles. The molecule has 2 nitrogen and oxygen atoms in total. The zero-order valence-corrected chi connectivity index (χ0v) is 3.92. The normalized spacial score (nSPS) is 9.14. The van der Waals surface area contributed by atoms with E-state index in [0.717, 1.165) is 0 Å². The van der Waals surface area contributed by atoms with E-state index in [1.807, 2.05) is 0 Å². The summed E-state index contributed by atoms with van der Waals surface area (Å²) in [4.78, 5) is 9.53. The van der Waals surface area contributed by atoms with Crippen LogP contribution in [0.4, 0.5) is 0 Å². The molecule has 0 unspecified atom stereocenters. The van der Waals surface area contributed by atoms with E-state index in [-0.39, 0.29) is 0 Å². The molecule has 0 aromatic heterocycles. The van der Waals surface area contributed by atoms with E-state index in [4.69, 9.17) is 5.73 Å². The van der Waals surface area contributed by atoms with E-state index in [0.29, 0.717) is 12.0 Å². The van der Waals surface area contributed by atoms with Crippen molar-refractivity contribution in [2.24, 2.45) is 5.73 Å². The van der Waals surface area contributed by atoms with Gasteiger partial charge in [-0.25, -0.2) is 0 Å². The topological polar surface area (TPSA) is 43.1 Å². The molecule has 0 spiro atoms. The molecule has 2 N–H and O–H groups in total. The lowest BCUT2D eigenvalue weighted by atomic mass is 10.4. The van der Waals surface area contributed by atoms with Crippen molar-refractivity contribution >= 4 is 6.29 Å². The van der Waals surface area contributed by atoms with Crippen LogP contribution in [0.2, 0.25) is 0 Å². The average Bonchev–Trinajstić information content (AvgIpc) is 1.61. The molecular formula is C5H7NO. The smallest absolute Gasteiger partial charge is 0.142 e. The number of allylic oxidation sites excluding steroid dienone is 2. The Bertz CT molecular complexity index is 105. The van der Waals surface area contributed by atoms with E-state index in [1.54, 1.807) is 0 Å². The van der Waals surface area contributed by atoms with Crippen molar-refractivity contribution in [3.05, 3.63) is 24.4 Å². The minimum absolute atomic E-state index is 0.395. The van der Waals surface area contributed by atoms with E-state index >= 15 is 0 Å². The highest BCUT2D eigenvalue weighted by Crippen LogP contribution is 1.75. The third kappa shape index (κ3) is 4.95. The van der Waals surface area contributed by atoms with Crippen LogP contribution in [0, 0.1) is 0 Å². The first kappa shape index (κ1) is 5.95. The summed E-state index contributed by atoms with van der Waals surface area (Å²) in [6.45, 7) is 3.32. The number of hydrogen-bond donors (Lipinski definition) is 1. The van der Waals surface area contributed by atoms with Gasteiger partial charge in [0, 0.05) is 5.70 Å². The SMILES string of the molecule is C=C(N)/C=C\C=O. The molecule has 0 radical (unpaired) electrons. The van der Waals surface area contributed by atoms with Crippen molar-refractivity contribution in [3.63, 3.8) is 0 Å². The summed E-state index contributed by atoms with van der Waals surface area (Å²) >= 11 is 0. The van der Waals surface area contributed by atoms with Gasteiger partial charge in [-0.3, -0.25) is 4.79 Å². The standard InChI is InChI=1S/C5H7NO/c1-5(6)3-2-4-7/h2-4H,1,6H2/b3-2-. The van der Waals surface area contributed by atoms with Gasteiger partial charge in [-0.05, 0) is 12.2 Å². The van der Waals surface area contributed by atoms with Crippen LogP contribution in [0.3, 0.4) is 0 Å². The first-order valence-corrected chi connectivity index (χ1v) is 1.83. The molecule has 0 saturated heterocycles. The molecule has 0 aromatic carbocycles. The first-order valence-electron chi connectivity index (χ1n) is 1.83. The number of nitrogens with two attached hydrogens (primary N) is 1. The van der Waals surface area contributed by atoms with Gasteiger partial charge in [0.1, 0.15) is 6.29 Å². The summed E-state index contributed by atoms with van der Waals surface area (Å²) < 4.78 is 0. The van der Waals surface area contributed by atoms with Gasteiger partial charge in [0.25, 0.3) is 0 Å². The Kier molecular flexibility index (Phi) is 2.68. The third-order valence-corrected chi connectivity index (χ3v) is 0.389. The second-order valence-electron chi connectivity index (χ2n) is 1.07. The molecule has 2 heteroatoms. The summed E-state index contributed by atoms with van der Waals surface area (Å²) in [5.74, 6) is 0. The Morgan fingerprint density at radius 1 is 1.71 bits per heavy atom. The first-order chi connectivity index (χ1) is 3.27. The summed E-state index contributed by atoms with van der Waals surface area (Å²) in [6.07, 6.45) is 3.38. The van der Waals surface area contributed by atoms with Crippen LogP contribution in [-0.4, -0.2) is 6.29 Å². The number of hydrogen-bond acceptors (Lipinski definition) is 2. The van der Waals surface area contributed by atoms with Crippen molar-refractivity contribution in [1.29, 1.82) is 0 Å². The van der Waals surface area contributed by atoms with Gasteiger partial charge >= 0.3 is 0 Å². The van der Waals surface area contributed by atoms with Gasteiger partial charge in [-0.2, -0.15) is 0 Å². The number of carbonyl (C=O) groups is 1. The van der Waals surface area contributed by atoms with Crippen molar-refractivity contribution < 1.29 is 4.79 Å². The number of carbonyl (C=O) groups excluding carboxylic acids is 1. The highest BCUT2D eigenvalue weighted by atomic mass is 16.1. The zero-order chi connectivity index (χ0) is 5.70. The fourth-order valence-corrected chi connectivity index (χ4v) is 0.163. The molecule has 0 fully saturated rings. The molecule has 0 aliphatic rings. The molecule has 0 rings (SSSR count). The van der Waals surface area contributed by atoms with Gasteiger partial charge in [-0.1, -0.05) is 6.58 Å². The van der Waals surface area contributed by atoms with Crippen LogP contribution in [0.15, 0.2) is 24.4 Å². The highest BCUT2D eigenvalue weighted by molar-refractivity contribution is 5.65. The lowest BCUT2D eigenvalue weighted by molar-refractivity contribution is -0.104. The van der Waals surface area contributed by atoms with E-state index < -0.39 is 0 Å². The van der Waals surface area contributed by atoms with Crippen LogP contribution in [0.5, 0.6) is 0 Å².